The molecule has 6 heteroatoms. The number of hydrogen-bond acceptors (Lipinski definition) is 3. The van der Waals surface area contributed by atoms with Gasteiger partial charge in [-0.05, 0) is 25.7 Å². The molecule has 1 aliphatic carbocycles. The third-order valence-electron chi connectivity index (χ3n) is 3.41. The van der Waals surface area contributed by atoms with E-state index in [2.05, 4.69) is 15.5 Å². The zero-order valence-corrected chi connectivity index (χ0v) is 10.4. The van der Waals surface area contributed by atoms with E-state index in [9.17, 15) is 9.59 Å². The Morgan fingerprint density at radius 3 is 2.67 bits per heavy atom. The highest BCUT2D eigenvalue weighted by molar-refractivity contribution is 5.94. The number of anilines is 1. The summed E-state index contributed by atoms with van der Waals surface area (Å²) in [4.78, 5) is 23.2. The van der Waals surface area contributed by atoms with Crippen molar-refractivity contribution in [3.05, 3.63) is 11.8 Å². The number of hydrogen-bond donors (Lipinski definition) is 3. The normalized spacial score (nSPS) is 27.1. The Morgan fingerprint density at radius 1 is 1.44 bits per heavy atom. The zero-order chi connectivity index (χ0) is 13.3. The van der Waals surface area contributed by atoms with Crippen LogP contribution < -0.4 is 5.32 Å². The molecule has 1 heterocycles. The van der Waals surface area contributed by atoms with E-state index < -0.39 is 17.8 Å². The summed E-state index contributed by atoms with van der Waals surface area (Å²) in [7, 11) is 0. The second-order valence-electron chi connectivity index (χ2n) is 5.05. The van der Waals surface area contributed by atoms with Crippen LogP contribution in [0, 0.1) is 24.7 Å². The number of carbonyl (C=O) groups is 2. The van der Waals surface area contributed by atoms with Crippen molar-refractivity contribution in [2.24, 2.45) is 17.8 Å². The van der Waals surface area contributed by atoms with E-state index in [0.29, 0.717) is 18.7 Å². The topological polar surface area (TPSA) is 95.1 Å². The van der Waals surface area contributed by atoms with E-state index >= 15 is 0 Å². The Bertz CT molecular complexity index is 469. The van der Waals surface area contributed by atoms with Gasteiger partial charge in [-0.25, -0.2) is 0 Å². The van der Waals surface area contributed by atoms with Crippen LogP contribution in [0.2, 0.25) is 0 Å². The molecule has 1 unspecified atom stereocenters. The summed E-state index contributed by atoms with van der Waals surface area (Å²) in [6.07, 6.45) is 1.18. The average molecular weight is 251 g/mol. The molecule has 1 aromatic heterocycles. The van der Waals surface area contributed by atoms with Gasteiger partial charge in [-0.15, -0.1) is 0 Å². The largest absolute Gasteiger partial charge is 0.481 e. The van der Waals surface area contributed by atoms with Crippen LogP contribution >= 0.6 is 0 Å². The first-order chi connectivity index (χ1) is 8.47. The molecular formula is C12H17N3O3. The number of H-pyrrole nitrogens is 1. The van der Waals surface area contributed by atoms with E-state index in [0.717, 1.165) is 5.69 Å². The molecule has 0 aliphatic heterocycles. The van der Waals surface area contributed by atoms with Gasteiger partial charge in [0.25, 0.3) is 0 Å². The molecular weight excluding hydrogens is 234 g/mol. The van der Waals surface area contributed by atoms with Crippen molar-refractivity contribution in [3.8, 4) is 0 Å². The van der Waals surface area contributed by atoms with Crippen molar-refractivity contribution in [2.45, 2.75) is 26.7 Å². The van der Waals surface area contributed by atoms with Crippen LogP contribution in [-0.4, -0.2) is 27.2 Å². The van der Waals surface area contributed by atoms with Crippen LogP contribution in [0.15, 0.2) is 6.07 Å². The summed E-state index contributed by atoms with van der Waals surface area (Å²) in [5.41, 5.74) is 0.847. The van der Waals surface area contributed by atoms with Crippen molar-refractivity contribution < 1.29 is 14.7 Å². The number of aryl methyl sites for hydroxylation is 1. The molecule has 1 fully saturated rings. The fraction of sp³-hybridized carbons (Fsp3) is 0.583. The highest BCUT2D eigenvalue weighted by atomic mass is 16.4. The average Bonchev–Trinajstić information content (AvgIpc) is 2.85. The molecule has 1 saturated carbocycles. The fourth-order valence-electron chi connectivity index (χ4n) is 2.56. The first kappa shape index (κ1) is 12.6. The van der Waals surface area contributed by atoms with Crippen LogP contribution in [0.25, 0.3) is 0 Å². The quantitative estimate of drug-likeness (QED) is 0.756. The monoisotopic (exact) mass is 251 g/mol. The van der Waals surface area contributed by atoms with Gasteiger partial charge in [0.15, 0.2) is 5.82 Å². The number of nitrogens with zero attached hydrogens (tertiary/aromatic N) is 1. The molecule has 0 bridgehead atoms. The molecule has 0 spiro atoms. The summed E-state index contributed by atoms with van der Waals surface area (Å²) < 4.78 is 0. The van der Waals surface area contributed by atoms with E-state index in [4.69, 9.17) is 5.11 Å². The number of carboxylic acids is 1. The third-order valence-corrected chi connectivity index (χ3v) is 3.41. The molecule has 1 aliphatic rings. The van der Waals surface area contributed by atoms with E-state index in [1.807, 2.05) is 13.8 Å². The molecule has 0 saturated heterocycles. The first-order valence-electron chi connectivity index (χ1n) is 6.03. The molecule has 18 heavy (non-hydrogen) atoms. The van der Waals surface area contributed by atoms with Crippen molar-refractivity contribution in [3.63, 3.8) is 0 Å². The van der Waals surface area contributed by atoms with Crippen molar-refractivity contribution in [1.82, 2.24) is 10.2 Å². The van der Waals surface area contributed by atoms with Crippen molar-refractivity contribution in [2.75, 3.05) is 5.32 Å². The SMILES string of the molecule is Cc1cc(NC(=O)[C@H]2CC(C)C[C@H]2C(=O)O)n[nH]1. The lowest BCUT2D eigenvalue weighted by atomic mass is 9.95. The number of amides is 1. The third kappa shape index (κ3) is 2.52. The van der Waals surface area contributed by atoms with Gasteiger partial charge in [0, 0.05) is 11.8 Å². The second kappa shape index (κ2) is 4.80. The fourth-order valence-corrected chi connectivity index (χ4v) is 2.56. The lowest BCUT2D eigenvalue weighted by molar-refractivity contribution is -0.145. The number of carboxylic acid groups (broad SMARTS) is 1. The van der Waals surface area contributed by atoms with Gasteiger partial charge in [-0.3, -0.25) is 14.7 Å². The Morgan fingerprint density at radius 2 is 2.11 bits per heavy atom. The van der Waals surface area contributed by atoms with Gasteiger partial charge in [0.2, 0.25) is 5.91 Å². The zero-order valence-electron chi connectivity index (χ0n) is 10.4. The Labute approximate surface area is 105 Å². The minimum atomic E-state index is -0.891. The maximum absolute atomic E-state index is 12.1. The molecule has 0 radical (unpaired) electrons. The van der Waals surface area contributed by atoms with Crippen LogP contribution in [0.5, 0.6) is 0 Å². The highest BCUT2D eigenvalue weighted by Gasteiger charge is 2.41. The maximum atomic E-state index is 12.1. The Balaban J connectivity index is 2.06. The van der Waals surface area contributed by atoms with Crippen molar-refractivity contribution in [1.29, 1.82) is 0 Å². The van der Waals surface area contributed by atoms with E-state index in [1.165, 1.54) is 0 Å². The number of aliphatic carboxylic acids is 1. The van der Waals surface area contributed by atoms with Gasteiger partial charge in [0.1, 0.15) is 0 Å². The standard InChI is InChI=1S/C12H17N3O3/c1-6-3-8(9(4-6)12(17)18)11(16)13-10-5-7(2)14-15-10/h5-6,8-9H,3-4H2,1-2H3,(H,17,18)(H2,13,14,15,16)/t6?,8-,9+/m0/s1. The predicted octanol–water partition coefficient (Wildman–Crippen LogP) is 1.40. The number of nitrogens with one attached hydrogen (secondary N) is 2. The minimum Gasteiger partial charge on any atom is -0.481 e. The lowest BCUT2D eigenvalue weighted by Crippen LogP contribution is -2.30. The van der Waals surface area contributed by atoms with E-state index in [1.54, 1.807) is 6.07 Å². The molecule has 2 rings (SSSR count). The summed E-state index contributed by atoms with van der Waals surface area (Å²) in [6, 6.07) is 1.71. The highest BCUT2D eigenvalue weighted by Crippen LogP contribution is 2.37. The number of carbonyl (C=O) groups excluding carboxylic acids is 1. The molecule has 6 nitrogen and oxygen atoms in total. The molecule has 3 atom stereocenters. The Kier molecular flexibility index (Phi) is 3.36. The first-order valence-corrected chi connectivity index (χ1v) is 6.03. The summed E-state index contributed by atoms with van der Waals surface area (Å²) in [5.74, 6) is -1.48. The van der Waals surface area contributed by atoms with Gasteiger partial charge in [0.05, 0.1) is 11.8 Å². The number of aromatic nitrogens is 2. The second-order valence-corrected chi connectivity index (χ2v) is 5.05. The summed E-state index contributed by atoms with van der Waals surface area (Å²) in [5, 5.41) is 18.4. The molecule has 1 amide bonds. The van der Waals surface area contributed by atoms with Gasteiger partial charge in [-0.2, -0.15) is 5.10 Å². The van der Waals surface area contributed by atoms with Crippen molar-refractivity contribution >= 4 is 17.7 Å². The Hall–Kier alpha value is -1.85. The summed E-state index contributed by atoms with van der Waals surface area (Å²) in [6.45, 7) is 3.81. The number of aromatic amines is 1. The molecule has 1 aromatic rings. The lowest BCUT2D eigenvalue weighted by Gasteiger charge is -2.14. The predicted molar refractivity (Wildman–Crippen MR) is 65.0 cm³/mol. The van der Waals surface area contributed by atoms with Gasteiger partial charge < -0.3 is 10.4 Å². The molecule has 0 aromatic carbocycles. The molecule has 98 valence electrons. The summed E-state index contributed by atoms with van der Waals surface area (Å²) >= 11 is 0. The van der Waals surface area contributed by atoms with Crippen LogP contribution in [0.3, 0.4) is 0 Å². The number of rotatable bonds is 3. The van der Waals surface area contributed by atoms with Crippen LogP contribution in [-0.2, 0) is 9.59 Å². The molecule has 3 N–H and O–H groups in total. The minimum absolute atomic E-state index is 0.252. The maximum Gasteiger partial charge on any atom is 0.307 e. The van der Waals surface area contributed by atoms with E-state index in [-0.39, 0.29) is 11.8 Å². The van der Waals surface area contributed by atoms with Gasteiger partial charge in [-0.1, -0.05) is 6.92 Å². The smallest absolute Gasteiger partial charge is 0.307 e. The van der Waals surface area contributed by atoms with Gasteiger partial charge >= 0.3 is 5.97 Å². The van der Waals surface area contributed by atoms with Crippen LogP contribution in [0.1, 0.15) is 25.5 Å². The van der Waals surface area contributed by atoms with Crippen LogP contribution in [0.4, 0.5) is 5.82 Å².